The summed E-state index contributed by atoms with van der Waals surface area (Å²) in [5.41, 5.74) is 4.30. The van der Waals surface area contributed by atoms with Crippen molar-refractivity contribution >= 4 is 35.2 Å². The van der Waals surface area contributed by atoms with Crippen LogP contribution in [0.4, 0.5) is 0 Å². The van der Waals surface area contributed by atoms with Crippen LogP contribution in [0.25, 0.3) is 0 Å². The Kier molecular flexibility index (Phi) is 10.9. The van der Waals surface area contributed by atoms with Gasteiger partial charge < -0.3 is 10.2 Å². The zero-order valence-electron chi connectivity index (χ0n) is 21.2. The maximum Gasteiger partial charge on any atom is 0.243 e. The SMILES string of the molecule is Cc1cccc(CSCC(=O)N(Cc2cccc(Cl)c2)[C@H](Cc2ccccc2)C(=O)NCC(C)C)c1. The minimum atomic E-state index is -0.628. The highest BCUT2D eigenvalue weighted by Gasteiger charge is 2.30. The Balaban J connectivity index is 1.84. The second-order valence-electron chi connectivity index (χ2n) is 9.48. The van der Waals surface area contributed by atoms with E-state index in [1.807, 2.05) is 60.7 Å². The number of hydrogen-bond acceptors (Lipinski definition) is 3. The number of nitrogens with zero attached hydrogens (tertiary/aromatic N) is 1. The van der Waals surface area contributed by atoms with Gasteiger partial charge in [0.15, 0.2) is 0 Å². The molecule has 0 saturated carbocycles. The maximum absolute atomic E-state index is 13.7. The molecule has 6 heteroatoms. The molecule has 3 aromatic carbocycles. The van der Waals surface area contributed by atoms with Gasteiger partial charge in [-0.25, -0.2) is 0 Å². The second-order valence-corrected chi connectivity index (χ2v) is 10.9. The fourth-order valence-electron chi connectivity index (χ4n) is 3.95. The first-order valence-corrected chi connectivity index (χ1v) is 13.8. The van der Waals surface area contributed by atoms with Gasteiger partial charge in [0.05, 0.1) is 5.75 Å². The van der Waals surface area contributed by atoms with Crippen LogP contribution in [0.15, 0.2) is 78.9 Å². The van der Waals surface area contributed by atoms with E-state index >= 15 is 0 Å². The van der Waals surface area contributed by atoms with Gasteiger partial charge in [-0.05, 0) is 41.7 Å². The van der Waals surface area contributed by atoms with E-state index in [9.17, 15) is 9.59 Å². The molecule has 36 heavy (non-hydrogen) atoms. The lowest BCUT2D eigenvalue weighted by atomic mass is 10.0. The van der Waals surface area contributed by atoms with E-state index in [0.717, 1.165) is 16.9 Å². The predicted octanol–water partition coefficient (Wildman–Crippen LogP) is 6.29. The molecular formula is C30H35ClN2O2S. The highest BCUT2D eigenvalue weighted by Crippen LogP contribution is 2.20. The minimum absolute atomic E-state index is 0.0618. The van der Waals surface area contributed by atoms with Crippen molar-refractivity contribution in [1.29, 1.82) is 0 Å². The third-order valence-corrected chi connectivity index (χ3v) is 7.00. The Labute approximate surface area is 224 Å². The van der Waals surface area contributed by atoms with Gasteiger partial charge in [-0.2, -0.15) is 0 Å². The average Bonchev–Trinajstić information content (AvgIpc) is 2.85. The number of halogens is 1. The number of thioether (sulfide) groups is 1. The van der Waals surface area contributed by atoms with Gasteiger partial charge in [0.1, 0.15) is 6.04 Å². The van der Waals surface area contributed by atoms with Crippen molar-refractivity contribution in [2.45, 2.75) is 45.5 Å². The number of benzene rings is 3. The molecule has 0 aliphatic heterocycles. The van der Waals surface area contributed by atoms with Crippen LogP contribution in [-0.2, 0) is 28.3 Å². The molecule has 2 amide bonds. The normalized spacial score (nSPS) is 11.8. The second kappa shape index (κ2) is 14.1. The molecule has 0 aliphatic rings. The Morgan fingerprint density at radius 3 is 2.31 bits per heavy atom. The van der Waals surface area contributed by atoms with E-state index in [2.05, 4.69) is 44.3 Å². The number of amides is 2. The summed E-state index contributed by atoms with van der Waals surface area (Å²) in [5.74, 6) is 1.15. The topological polar surface area (TPSA) is 49.4 Å². The zero-order chi connectivity index (χ0) is 25.9. The smallest absolute Gasteiger partial charge is 0.243 e. The van der Waals surface area contributed by atoms with Crippen LogP contribution in [0.1, 0.15) is 36.1 Å². The van der Waals surface area contributed by atoms with Crippen LogP contribution in [0.3, 0.4) is 0 Å². The van der Waals surface area contributed by atoms with Crippen LogP contribution >= 0.6 is 23.4 Å². The molecule has 0 bridgehead atoms. The number of carbonyl (C=O) groups is 2. The molecule has 0 aliphatic carbocycles. The zero-order valence-corrected chi connectivity index (χ0v) is 22.8. The molecule has 1 atom stereocenters. The van der Waals surface area contributed by atoms with Gasteiger partial charge in [0, 0.05) is 30.3 Å². The monoisotopic (exact) mass is 522 g/mol. The van der Waals surface area contributed by atoms with E-state index in [-0.39, 0.29) is 17.6 Å². The van der Waals surface area contributed by atoms with Crippen LogP contribution in [-0.4, -0.2) is 35.1 Å². The van der Waals surface area contributed by atoms with Gasteiger partial charge >= 0.3 is 0 Å². The molecule has 0 radical (unpaired) electrons. The van der Waals surface area contributed by atoms with Crippen molar-refractivity contribution in [3.8, 4) is 0 Å². The number of rotatable bonds is 12. The van der Waals surface area contributed by atoms with Gasteiger partial charge in [-0.15, -0.1) is 11.8 Å². The summed E-state index contributed by atoms with van der Waals surface area (Å²) < 4.78 is 0. The van der Waals surface area contributed by atoms with Crippen molar-refractivity contribution in [2.75, 3.05) is 12.3 Å². The van der Waals surface area contributed by atoms with Crippen LogP contribution in [0.5, 0.6) is 0 Å². The molecule has 190 valence electrons. The molecule has 0 aromatic heterocycles. The Morgan fingerprint density at radius 2 is 1.61 bits per heavy atom. The van der Waals surface area contributed by atoms with Crippen molar-refractivity contribution in [3.63, 3.8) is 0 Å². The van der Waals surface area contributed by atoms with Gasteiger partial charge in [-0.3, -0.25) is 9.59 Å². The minimum Gasteiger partial charge on any atom is -0.354 e. The molecule has 0 heterocycles. The summed E-state index contributed by atoms with van der Waals surface area (Å²) in [5, 5.41) is 3.67. The third kappa shape index (κ3) is 9.03. The maximum atomic E-state index is 13.7. The fourth-order valence-corrected chi connectivity index (χ4v) is 5.02. The Hall–Kier alpha value is -2.76. The number of carbonyl (C=O) groups excluding carboxylic acids is 2. The fraction of sp³-hybridized carbons (Fsp3) is 0.333. The molecule has 3 rings (SSSR count). The summed E-state index contributed by atoms with van der Waals surface area (Å²) in [6, 6.07) is 25.0. The lowest BCUT2D eigenvalue weighted by Gasteiger charge is -2.32. The molecule has 0 unspecified atom stereocenters. The molecule has 0 saturated heterocycles. The standard InChI is InChI=1S/C30H35ClN2O2S/c1-22(2)18-32-30(35)28(17-24-10-5-4-6-11-24)33(19-25-12-8-14-27(31)16-25)29(34)21-36-20-26-13-7-9-23(3)15-26/h4-16,22,28H,17-21H2,1-3H3,(H,32,35)/t28-/m1/s1. The first-order valence-electron chi connectivity index (χ1n) is 12.3. The van der Waals surface area contributed by atoms with E-state index in [0.29, 0.717) is 30.5 Å². The lowest BCUT2D eigenvalue weighted by molar-refractivity contribution is -0.139. The summed E-state index contributed by atoms with van der Waals surface area (Å²) in [7, 11) is 0. The van der Waals surface area contributed by atoms with Crippen molar-refractivity contribution in [2.24, 2.45) is 5.92 Å². The highest BCUT2D eigenvalue weighted by molar-refractivity contribution is 7.99. The molecule has 0 fully saturated rings. The van der Waals surface area contributed by atoms with E-state index < -0.39 is 6.04 Å². The van der Waals surface area contributed by atoms with E-state index in [4.69, 9.17) is 11.6 Å². The van der Waals surface area contributed by atoms with Crippen LogP contribution in [0, 0.1) is 12.8 Å². The summed E-state index contributed by atoms with van der Waals surface area (Å²) in [6.07, 6.45) is 0.444. The highest BCUT2D eigenvalue weighted by atomic mass is 35.5. The van der Waals surface area contributed by atoms with Gasteiger partial charge in [0.25, 0.3) is 0 Å². The van der Waals surface area contributed by atoms with Gasteiger partial charge in [-0.1, -0.05) is 97.7 Å². The molecule has 4 nitrogen and oxygen atoms in total. The number of aryl methyl sites for hydroxylation is 1. The van der Waals surface area contributed by atoms with E-state index in [1.54, 1.807) is 16.7 Å². The van der Waals surface area contributed by atoms with Crippen LogP contribution < -0.4 is 5.32 Å². The number of nitrogens with one attached hydrogen (secondary N) is 1. The Morgan fingerprint density at radius 1 is 0.917 bits per heavy atom. The quantitative estimate of drug-likeness (QED) is 0.304. The molecular weight excluding hydrogens is 488 g/mol. The van der Waals surface area contributed by atoms with Crippen LogP contribution in [0.2, 0.25) is 5.02 Å². The summed E-state index contributed by atoms with van der Waals surface area (Å²) in [4.78, 5) is 28.8. The first-order chi connectivity index (χ1) is 17.3. The summed E-state index contributed by atoms with van der Waals surface area (Å²) >= 11 is 7.81. The molecule has 3 aromatic rings. The van der Waals surface area contributed by atoms with Gasteiger partial charge in [0.2, 0.25) is 11.8 Å². The lowest BCUT2D eigenvalue weighted by Crippen LogP contribution is -2.51. The van der Waals surface area contributed by atoms with Crippen molar-refractivity contribution in [3.05, 3.63) is 106 Å². The molecule has 1 N–H and O–H groups in total. The van der Waals surface area contributed by atoms with Crippen molar-refractivity contribution < 1.29 is 9.59 Å². The average molecular weight is 523 g/mol. The third-order valence-electron chi connectivity index (χ3n) is 5.77. The number of hydrogen-bond donors (Lipinski definition) is 1. The summed E-state index contributed by atoms with van der Waals surface area (Å²) in [6.45, 7) is 7.06. The predicted molar refractivity (Wildman–Crippen MR) is 151 cm³/mol. The van der Waals surface area contributed by atoms with E-state index in [1.165, 1.54) is 11.1 Å². The largest absolute Gasteiger partial charge is 0.354 e. The Bertz CT molecular complexity index is 1140. The molecule has 0 spiro atoms. The van der Waals surface area contributed by atoms with Crippen molar-refractivity contribution in [1.82, 2.24) is 10.2 Å². The first kappa shape index (κ1) is 27.8.